The Hall–Kier alpha value is -2.70. The molecule has 7 nitrogen and oxygen atoms in total. The van der Waals surface area contributed by atoms with E-state index in [4.69, 9.17) is 5.11 Å². The molecule has 7 heteroatoms. The summed E-state index contributed by atoms with van der Waals surface area (Å²) in [5.41, 5.74) is -0.945. The van der Waals surface area contributed by atoms with Gasteiger partial charge in [0.1, 0.15) is 5.56 Å². The molecule has 0 aliphatic carbocycles. The number of nitrogens with zero attached hydrogens (tertiary/aromatic N) is 2. The molecule has 0 spiro atoms. The van der Waals surface area contributed by atoms with E-state index in [2.05, 4.69) is 4.98 Å². The Morgan fingerprint density at radius 2 is 2.11 bits per heavy atom. The van der Waals surface area contributed by atoms with Crippen molar-refractivity contribution < 1.29 is 9.90 Å². The molecule has 0 saturated carbocycles. The van der Waals surface area contributed by atoms with E-state index in [9.17, 15) is 14.4 Å². The number of nitrogens with one attached hydrogen (secondary N) is 1. The first-order chi connectivity index (χ1) is 8.49. The zero-order valence-corrected chi connectivity index (χ0v) is 9.38. The molecule has 2 rings (SSSR count). The molecule has 0 saturated heterocycles. The minimum absolute atomic E-state index is 0.388. The summed E-state index contributed by atoms with van der Waals surface area (Å²) in [6, 6.07) is 1.65. The van der Waals surface area contributed by atoms with Gasteiger partial charge in [0.05, 0.1) is 11.9 Å². The van der Waals surface area contributed by atoms with Crippen LogP contribution < -0.4 is 11.2 Å². The van der Waals surface area contributed by atoms with E-state index < -0.39 is 22.8 Å². The van der Waals surface area contributed by atoms with E-state index in [0.717, 1.165) is 16.3 Å². The van der Waals surface area contributed by atoms with Gasteiger partial charge in [0.25, 0.3) is 5.56 Å². The molecule has 0 bridgehead atoms. The van der Waals surface area contributed by atoms with Crippen LogP contribution in [0.25, 0.3) is 5.69 Å². The highest BCUT2D eigenvalue weighted by atomic mass is 16.4. The lowest BCUT2D eigenvalue weighted by atomic mass is 10.3. The highest BCUT2D eigenvalue weighted by Gasteiger charge is 2.12. The zero-order chi connectivity index (χ0) is 13.3. The maximum Gasteiger partial charge on any atom is 0.342 e. The van der Waals surface area contributed by atoms with Crippen LogP contribution in [0, 0.1) is 6.92 Å². The van der Waals surface area contributed by atoms with Gasteiger partial charge in [-0.25, -0.2) is 9.59 Å². The van der Waals surface area contributed by atoms with Crippen molar-refractivity contribution in [2.24, 2.45) is 0 Å². The molecule has 0 fully saturated rings. The molecule has 2 heterocycles. The molecule has 2 aromatic rings. The third-order valence-corrected chi connectivity index (χ3v) is 2.31. The van der Waals surface area contributed by atoms with Crippen molar-refractivity contribution in [2.45, 2.75) is 6.92 Å². The van der Waals surface area contributed by atoms with Gasteiger partial charge in [0.2, 0.25) is 0 Å². The largest absolute Gasteiger partial charge is 0.477 e. The maximum atomic E-state index is 11.6. The van der Waals surface area contributed by atoms with Gasteiger partial charge in [0, 0.05) is 12.4 Å². The predicted octanol–water partition coefficient (Wildman–Crippen LogP) is -0.0726. The fourth-order valence-corrected chi connectivity index (χ4v) is 1.49. The van der Waals surface area contributed by atoms with Crippen molar-refractivity contribution in [2.75, 3.05) is 0 Å². The second-order valence-electron chi connectivity index (χ2n) is 3.70. The van der Waals surface area contributed by atoms with Crippen LogP contribution in [0.3, 0.4) is 0 Å². The summed E-state index contributed by atoms with van der Waals surface area (Å²) in [4.78, 5) is 39.6. The Bertz CT molecular complexity index is 730. The monoisotopic (exact) mass is 247 g/mol. The quantitative estimate of drug-likeness (QED) is 0.772. The number of H-pyrrole nitrogens is 1. The lowest BCUT2D eigenvalue weighted by molar-refractivity contribution is 0.0694. The van der Waals surface area contributed by atoms with E-state index in [-0.39, 0.29) is 0 Å². The van der Waals surface area contributed by atoms with Gasteiger partial charge in [-0.3, -0.25) is 19.3 Å². The van der Waals surface area contributed by atoms with E-state index in [1.165, 1.54) is 6.20 Å². The second-order valence-corrected chi connectivity index (χ2v) is 3.70. The number of pyridine rings is 1. The van der Waals surface area contributed by atoms with Gasteiger partial charge in [-0.2, -0.15) is 0 Å². The Labute approximate surface area is 100 Å². The first-order valence-corrected chi connectivity index (χ1v) is 5.00. The van der Waals surface area contributed by atoms with Gasteiger partial charge in [-0.1, -0.05) is 0 Å². The number of aromatic amines is 1. The van der Waals surface area contributed by atoms with Crippen LogP contribution in [-0.2, 0) is 0 Å². The van der Waals surface area contributed by atoms with Crippen LogP contribution >= 0.6 is 0 Å². The van der Waals surface area contributed by atoms with Crippen molar-refractivity contribution in [1.29, 1.82) is 0 Å². The average Bonchev–Trinajstić information content (AvgIpc) is 2.28. The average molecular weight is 247 g/mol. The Morgan fingerprint density at radius 1 is 1.39 bits per heavy atom. The summed E-state index contributed by atoms with van der Waals surface area (Å²) < 4.78 is 1.03. The predicted molar refractivity (Wildman–Crippen MR) is 62.2 cm³/mol. The van der Waals surface area contributed by atoms with Crippen molar-refractivity contribution in [3.8, 4) is 5.69 Å². The molecule has 0 aromatic carbocycles. The number of rotatable bonds is 2. The summed E-state index contributed by atoms with van der Waals surface area (Å²) in [5.74, 6) is -1.40. The number of hydrogen-bond acceptors (Lipinski definition) is 4. The molecular formula is C11H9N3O4. The minimum Gasteiger partial charge on any atom is -0.477 e. The van der Waals surface area contributed by atoms with Crippen LogP contribution in [0.1, 0.15) is 15.9 Å². The summed E-state index contributed by atoms with van der Waals surface area (Å²) in [5, 5.41) is 8.83. The highest BCUT2D eigenvalue weighted by molar-refractivity contribution is 5.86. The molecule has 0 amide bonds. The van der Waals surface area contributed by atoms with E-state index in [0.29, 0.717) is 5.69 Å². The van der Waals surface area contributed by atoms with Gasteiger partial charge < -0.3 is 5.11 Å². The molecule has 0 unspecified atom stereocenters. The molecule has 0 radical (unpaired) electrons. The third kappa shape index (κ3) is 2.05. The topological polar surface area (TPSA) is 105 Å². The first-order valence-electron chi connectivity index (χ1n) is 5.00. The molecular weight excluding hydrogens is 238 g/mol. The maximum absolute atomic E-state index is 11.6. The number of carboxylic acid groups (broad SMARTS) is 1. The fourth-order valence-electron chi connectivity index (χ4n) is 1.49. The number of carboxylic acids is 1. The third-order valence-electron chi connectivity index (χ3n) is 2.31. The number of aromatic carboxylic acids is 1. The lowest BCUT2D eigenvalue weighted by Crippen LogP contribution is -2.32. The zero-order valence-electron chi connectivity index (χ0n) is 9.38. The molecule has 18 heavy (non-hydrogen) atoms. The molecule has 0 aliphatic heterocycles. The smallest absolute Gasteiger partial charge is 0.342 e. The van der Waals surface area contributed by atoms with E-state index in [1.807, 2.05) is 4.98 Å². The Balaban J connectivity index is 2.72. The van der Waals surface area contributed by atoms with Gasteiger partial charge >= 0.3 is 11.7 Å². The summed E-state index contributed by atoms with van der Waals surface area (Å²) in [6.07, 6.45) is 3.98. The molecule has 2 N–H and O–H groups in total. The second kappa shape index (κ2) is 4.28. The fraction of sp³-hybridized carbons (Fsp3) is 0.0909. The van der Waals surface area contributed by atoms with E-state index in [1.54, 1.807) is 19.2 Å². The van der Waals surface area contributed by atoms with Gasteiger partial charge in [-0.15, -0.1) is 0 Å². The van der Waals surface area contributed by atoms with Crippen molar-refractivity contribution >= 4 is 5.97 Å². The number of aromatic nitrogens is 3. The van der Waals surface area contributed by atoms with Crippen LogP contribution in [0.15, 0.2) is 34.2 Å². The normalized spacial score (nSPS) is 10.3. The van der Waals surface area contributed by atoms with Gasteiger partial charge in [-0.05, 0) is 18.6 Å². The molecule has 2 aromatic heterocycles. The molecule has 92 valence electrons. The SMILES string of the molecule is Cc1cncc(-n2cc(C(=O)O)c(=O)[nH]c2=O)c1. The van der Waals surface area contributed by atoms with Gasteiger partial charge in [0.15, 0.2) is 0 Å². The molecule has 0 aliphatic rings. The van der Waals surface area contributed by atoms with E-state index >= 15 is 0 Å². The number of aryl methyl sites for hydroxylation is 1. The Kier molecular flexibility index (Phi) is 2.80. The first kappa shape index (κ1) is 11.8. The van der Waals surface area contributed by atoms with Crippen LogP contribution in [0.2, 0.25) is 0 Å². The van der Waals surface area contributed by atoms with Crippen LogP contribution in [0.5, 0.6) is 0 Å². The van der Waals surface area contributed by atoms with Crippen LogP contribution in [0.4, 0.5) is 0 Å². The number of carbonyl (C=O) groups is 1. The standard InChI is InChI=1S/C11H9N3O4/c1-6-2-7(4-12-3-6)14-5-8(10(16)17)9(15)13-11(14)18/h2-5H,1H3,(H,16,17)(H,13,15,18). The number of hydrogen-bond donors (Lipinski definition) is 2. The van der Waals surface area contributed by atoms with Crippen molar-refractivity contribution in [1.82, 2.24) is 14.5 Å². The lowest BCUT2D eigenvalue weighted by Gasteiger charge is -2.05. The summed E-state index contributed by atoms with van der Waals surface area (Å²) in [6.45, 7) is 1.78. The van der Waals surface area contributed by atoms with Crippen LogP contribution in [-0.4, -0.2) is 25.6 Å². The molecule has 0 atom stereocenters. The van der Waals surface area contributed by atoms with Crippen molar-refractivity contribution in [3.05, 3.63) is 56.6 Å². The summed E-state index contributed by atoms with van der Waals surface area (Å²) >= 11 is 0. The summed E-state index contributed by atoms with van der Waals surface area (Å²) in [7, 11) is 0. The minimum atomic E-state index is -1.40. The highest BCUT2D eigenvalue weighted by Crippen LogP contribution is 2.05. The van der Waals surface area contributed by atoms with Crippen molar-refractivity contribution in [3.63, 3.8) is 0 Å². The Morgan fingerprint density at radius 3 is 2.72 bits per heavy atom.